The predicted octanol–water partition coefficient (Wildman–Crippen LogP) is 2.78. The van der Waals surface area contributed by atoms with Crippen molar-refractivity contribution in [2.75, 3.05) is 6.54 Å². The van der Waals surface area contributed by atoms with Crippen molar-refractivity contribution in [2.24, 2.45) is 5.41 Å². The van der Waals surface area contributed by atoms with E-state index in [1.165, 1.54) is 0 Å². The van der Waals surface area contributed by atoms with Crippen LogP contribution < -0.4 is 5.32 Å². The number of hydrogen-bond donors (Lipinski definition) is 1. The van der Waals surface area contributed by atoms with Crippen LogP contribution in [0.3, 0.4) is 0 Å². The zero-order chi connectivity index (χ0) is 17.5. The lowest BCUT2D eigenvalue weighted by Crippen LogP contribution is -2.45. The molecule has 0 bridgehead atoms. The van der Waals surface area contributed by atoms with E-state index in [1.807, 2.05) is 24.3 Å². The minimum Gasteiger partial charge on any atom is -0.319 e. The number of carbonyl (C=O) groups excluding carboxylic acids is 3. The standard InChI is InChI=1S/C19H24N2O3/c1-18(2,3)15(22)12-21-16(23)19(20-17(21)24)11-7-6-9-13-8-4-5-10-14(13)19/h4-5,8,10H,6-7,9,11-12H2,1-3H3,(H,20,24). The van der Waals surface area contributed by atoms with Gasteiger partial charge in [0, 0.05) is 5.41 Å². The molecule has 1 aromatic carbocycles. The Morgan fingerprint density at radius 3 is 2.62 bits per heavy atom. The maximum absolute atomic E-state index is 13.2. The van der Waals surface area contributed by atoms with Gasteiger partial charge in [-0.25, -0.2) is 4.79 Å². The zero-order valence-electron chi connectivity index (χ0n) is 14.5. The van der Waals surface area contributed by atoms with E-state index >= 15 is 0 Å². The number of fused-ring (bicyclic) bond motifs is 2. The topological polar surface area (TPSA) is 66.5 Å². The zero-order valence-corrected chi connectivity index (χ0v) is 14.5. The van der Waals surface area contributed by atoms with E-state index < -0.39 is 17.0 Å². The fourth-order valence-corrected chi connectivity index (χ4v) is 3.50. The summed E-state index contributed by atoms with van der Waals surface area (Å²) in [5.41, 5.74) is 0.388. The molecule has 0 saturated carbocycles. The lowest BCUT2D eigenvalue weighted by atomic mass is 9.84. The summed E-state index contributed by atoms with van der Waals surface area (Å²) >= 11 is 0. The van der Waals surface area contributed by atoms with Crippen molar-refractivity contribution in [1.82, 2.24) is 10.2 Å². The maximum atomic E-state index is 13.2. The monoisotopic (exact) mass is 328 g/mol. The van der Waals surface area contributed by atoms with E-state index in [4.69, 9.17) is 0 Å². The Labute approximate surface area is 142 Å². The molecule has 3 amide bonds. The van der Waals surface area contributed by atoms with Gasteiger partial charge in [0.05, 0.1) is 6.54 Å². The Morgan fingerprint density at radius 2 is 1.92 bits per heavy atom. The van der Waals surface area contributed by atoms with Crippen molar-refractivity contribution in [3.05, 3.63) is 35.4 Å². The Bertz CT molecular complexity index is 705. The first-order chi connectivity index (χ1) is 11.3. The van der Waals surface area contributed by atoms with Crippen molar-refractivity contribution in [2.45, 2.75) is 52.0 Å². The molecule has 0 radical (unpaired) electrons. The molecule has 1 spiro atoms. The molecule has 24 heavy (non-hydrogen) atoms. The largest absolute Gasteiger partial charge is 0.325 e. The number of Topliss-reactive ketones (excluding diaryl/α,β-unsaturated/α-hetero) is 1. The summed E-state index contributed by atoms with van der Waals surface area (Å²) in [6.45, 7) is 5.22. The third kappa shape index (κ3) is 2.62. The lowest BCUT2D eigenvalue weighted by molar-refractivity contribution is -0.137. The number of nitrogens with one attached hydrogen (secondary N) is 1. The first-order valence-electron chi connectivity index (χ1n) is 8.51. The van der Waals surface area contributed by atoms with Crippen LogP contribution in [0.2, 0.25) is 0 Å². The maximum Gasteiger partial charge on any atom is 0.325 e. The van der Waals surface area contributed by atoms with Crippen LogP contribution in [0.1, 0.15) is 51.2 Å². The summed E-state index contributed by atoms with van der Waals surface area (Å²) in [7, 11) is 0. The number of rotatable bonds is 2. The second kappa shape index (κ2) is 5.72. The number of aryl methyl sites for hydroxylation is 1. The quantitative estimate of drug-likeness (QED) is 0.849. The molecule has 2 aliphatic rings. The Balaban J connectivity index is 1.98. The molecule has 1 aliphatic carbocycles. The van der Waals surface area contributed by atoms with Crippen LogP contribution in [0.25, 0.3) is 0 Å². The molecule has 1 saturated heterocycles. The summed E-state index contributed by atoms with van der Waals surface area (Å²) in [4.78, 5) is 39.1. The van der Waals surface area contributed by atoms with Gasteiger partial charge in [-0.05, 0) is 36.8 Å². The molecule has 1 heterocycles. The van der Waals surface area contributed by atoms with Crippen molar-refractivity contribution in [3.8, 4) is 0 Å². The van der Waals surface area contributed by atoms with Gasteiger partial charge in [-0.15, -0.1) is 0 Å². The van der Waals surface area contributed by atoms with E-state index in [2.05, 4.69) is 5.32 Å². The number of imide groups is 1. The summed E-state index contributed by atoms with van der Waals surface area (Å²) in [5.74, 6) is -0.413. The number of benzene rings is 1. The van der Waals surface area contributed by atoms with E-state index in [0.29, 0.717) is 6.42 Å². The summed E-state index contributed by atoms with van der Waals surface area (Å²) < 4.78 is 0. The van der Waals surface area contributed by atoms with Crippen molar-refractivity contribution in [3.63, 3.8) is 0 Å². The Kier molecular flexibility index (Phi) is 3.98. The fourth-order valence-electron chi connectivity index (χ4n) is 3.50. The van der Waals surface area contributed by atoms with E-state index in [0.717, 1.165) is 35.3 Å². The van der Waals surface area contributed by atoms with Gasteiger partial charge in [-0.2, -0.15) is 0 Å². The van der Waals surface area contributed by atoms with Crippen LogP contribution in [-0.4, -0.2) is 29.2 Å². The highest BCUT2D eigenvalue weighted by atomic mass is 16.2. The first-order valence-corrected chi connectivity index (χ1v) is 8.51. The number of nitrogens with zero attached hydrogens (tertiary/aromatic N) is 1. The predicted molar refractivity (Wildman–Crippen MR) is 90.4 cm³/mol. The average molecular weight is 328 g/mol. The third-order valence-corrected chi connectivity index (χ3v) is 5.04. The molecule has 1 N–H and O–H groups in total. The number of amides is 3. The van der Waals surface area contributed by atoms with Crippen molar-refractivity contribution in [1.29, 1.82) is 0 Å². The minimum atomic E-state index is -1.01. The van der Waals surface area contributed by atoms with Crippen LogP contribution in [0.5, 0.6) is 0 Å². The fraction of sp³-hybridized carbons (Fsp3) is 0.526. The number of hydrogen-bond acceptors (Lipinski definition) is 3. The van der Waals surface area contributed by atoms with Gasteiger partial charge >= 0.3 is 6.03 Å². The van der Waals surface area contributed by atoms with Crippen LogP contribution in [0, 0.1) is 5.41 Å². The highest BCUT2D eigenvalue weighted by Gasteiger charge is 2.53. The van der Waals surface area contributed by atoms with Crippen LogP contribution >= 0.6 is 0 Å². The van der Waals surface area contributed by atoms with E-state index in [9.17, 15) is 14.4 Å². The van der Waals surface area contributed by atoms with Gasteiger partial charge < -0.3 is 5.32 Å². The van der Waals surface area contributed by atoms with Crippen molar-refractivity contribution >= 4 is 17.7 Å². The lowest BCUT2D eigenvalue weighted by Gasteiger charge is -2.27. The summed E-state index contributed by atoms with van der Waals surface area (Å²) in [5, 5.41) is 2.91. The van der Waals surface area contributed by atoms with Gasteiger partial charge in [0.15, 0.2) is 5.78 Å². The number of carbonyl (C=O) groups is 3. The highest BCUT2D eigenvalue weighted by molar-refractivity contribution is 6.10. The third-order valence-electron chi connectivity index (χ3n) is 5.04. The molecule has 1 aromatic rings. The van der Waals surface area contributed by atoms with Gasteiger partial charge in [0.1, 0.15) is 5.54 Å². The van der Waals surface area contributed by atoms with E-state index in [-0.39, 0.29) is 18.2 Å². The molecule has 1 aliphatic heterocycles. The van der Waals surface area contributed by atoms with E-state index in [1.54, 1.807) is 20.8 Å². The second-order valence-electron chi connectivity index (χ2n) is 7.76. The molecule has 1 atom stereocenters. The van der Waals surface area contributed by atoms with Crippen LogP contribution in [0.4, 0.5) is 4.79 Å². The molecule has 5 nitrogen and oxygen atoms in total. The number of ketones is 1. The Morgan fingerprint density at radius 1 is 1.21 bits per heavy atom. The molecule has 3 rings (SSSR count). The smallest absolute Gasteiger partial charge is 0.319 e. The highest BCUT2D eigenvalue weighted by Crippen LogP contribution is 2.39. The SMILES string of the molecule is CC(C)(C)C(=O)CN1C(=O)NC2(CCCCc3ccccc32)C1=O. The van der Waals surface area contributed by atoms with Gasteiger partial charge in [0.2, 0.25) is 0 Å². The van der Waals surface area contributed by atoms with Crippen LogP contribution in [0.15, 0.2) is 24.3 Å². The van der Waals surface area contributed by atoms with Gasteiger partial charge in [-0.3, -0.25) is 14.5 Å². The minimum absolute atomic E-state index is 0.120. The number of urea groups is 1. The molecule has 128 valence electrons. The molecular weight excluding hydrogens is 304 g/mol. The molecule has 0 aromatic heterocycles. The Hall–Kier alpha value is -2.17. The first kappa shape index (κ1) is 16.7. The van der Waals surface area contributed by atoms with Crippen LogP contribution in [-0.2, 0) is 21.5 Å². The molecule has 1 unspecified atom stereocenters. The second-order valence-corrected chi connectivity index (χ2v) is 7.76. The summed E-state index contributed by atoms with van der Waals surface area (Å²) in [6, 6.07) is 7.34. The molecule has 1 fully saturated rings. The average Bonchev–Trinajstić information content (AvgIpc) is 2.68. The normalized spacial score (nSPS) is 23.9. The van der Waals surface area contributed by atoms with Gasteiger partial charge in [0.25, 0.3) is 5.91 Å². The van der Waals surface area contributed by atoms with Gasteiger partial charge in [-0.1, -0.05) is 45.0 Å². The molecular formula is C19H24N2O3. The summed E-state index contributed by atoms with van der Waals surface area (Å²) in [6.07, 6.45) is 3.33. The molecule has 5 heteroatoms. The van der Waals surface area contributed by atoms with Crippen molar-refractivity contribution < 1.29 is 14.4 Å².